The van der Waals surface area contributed by atoms with Crippen molar-refractivity contribution >= 4 is 24.6 Å². The third-order valence-electron chi connectivity index (χ3n) is 5.01. The van der Waals surface area contributed by atoms with Crippen molar-refractivity contribution in [2.75, 3.05) is 25.3 Å². The van der Waals surface area contributed by atoms with Crippen LogP contribution in [0.4, 0.5) is 5.82 Å². The average molecular weight is 515 g/mol. The van der Waals surface area contributed by atoms with E-state index in [2.05, 4.69) is 19.9 Å². The Hall–Kier alpha value is -2.98. The van der Waals surface area contributed by atoms with Crippen LogP contribution in [0.25, 0.3) is 11.2 Å². The lowest BCUT2D eigenvalue weighted by Crippen LogP contribution is -2.33. The molecule has 1 aliphatic heterocycles. The molecule has 0 bridgehead atoms. The van der Waals surface area contributed by atoms with E-state index in [0.717, 1.165) is 0 Å². The van der Waals surface area contributed by atoms with E-state index in [1.165, 1.54) is 23.4 Å². The third kappa shape index (κ3) is 6.79. The van der Waals surface area contributed by atoms with E-state index in [9.17, 15) is 19.3 Å². The molecule has 0 aromatic carbocycles. The number of imidazole rings is 1. The Bertz CT molecular complexity index is 1320. The molecule has 35 heavy (non-hydrogen) atoms. The van der Waals surface area contributed by atoms with Crippen LogP contribution < -0.4 is 17.0 Å². The number of hydrogen-bond donors (Lipinski definition) is 6. The zero-order valence-corrected chi connectivity index (χ0v) is 19.5. The lowest BCUT2D eigenvalue weighted by atomic mass is 10.2. The van der Waals surface area contributed by atoms with Crippen LogP contribution in [0.15, 0.2) is 28.4 Å². The smallest absolute Gasteiger partial charge is 0.350 e. The van der Waals surface area contributed by atoms with Gasteiger partial charge in [-0.05, 0) is 6.92 Å². The maximum atomic E-state index is 11.6. The predicted octanol–water partition coefficient (Wildman–Crippen LogP) is -1.95. The summed E-state index contributed by atoms with van der Waals surface area (Å²) in [6.07, 6.45) is 1.67. The van der Waals surface area contributed by atoms with Crippen molar-refractivity contribution < 1.29 is 34.0 Å². The number of ether oxygens (including phenoxy) is 2. The number of aliphatic hydroxyl groups excluding tert-OH is 2. The Morgan fingerprint density at radius 3 is 2.71 bits per heavy atom. The number of aryl methyl sites for hydroxylation is 1. The van der Waals surface area contributed by atoms with Crippen molar-refractivity contribution in [2.24, 2.45) is 0 Å². The Labute approximate surface area is 197 Å². The molecule has 1 fully saturated rings. The number of nitrogens with two attached hydrogens (primary N) is 1. The molecule has 1 aliphatic rings. The number of aromatic nitrogens is 6. The van der Waals surface area contributed by atoms with Gasteiger partial charge in [0.1, 0.15) is 30.5 Å². The van der Waals surface area contributed by atoms with Crippen LogP contribution in [0.3, 0.4) is 0 Å². The highest BCUT2D eigenvalue weighted by atomic mass is 31.2. The van der Waals surface area contributed by atoms with Crippen molar-refractivity contribution in [2.45, 2.75) is 38.3 Å². The van der Waals surface area contributed by atoms with E-state index in [1.54, 1.807) is 11.5 Å². The number of H-pyrrole nitrogens is 1. The van der Waals surface area contributed by atoms with E-state index in [1.807, 2.05) is 0 Å². The van der Waals surface area contributed by atoms with E-state index in [-0.39, 0.29) is 25.5 Å². The van der Waals surface area contributed by atoms with Gasteiger partial charge in [-0.2, -0.15) is 0 Å². The molecule has 0 aliphatic carbocycles. The SMILES string of the molecule is Cc1cn([C@@H]2C[C@@H](O)[C@H](CO)O2)c(=O)[nH]c1=O.Nc1ncnc2c1ncn2CCOCP(=O)(O)O. The molecule has 3 aromatic heterocycles. The molecule has 7 N–H and O–H groups in total. The van der Waals surface area contributed by atoms with Gasteiger partial charge in [-0.3, -0.25) is 18.9 Å². The zero-order chi connectivity index (χ0) is 25.8. The van der Waals surface area contributed by atoms with Crippen LogP contribution >= 0.6 is 7.60 Å². The Morgan fingerprint density at radius 1 is 1.31 bits per heavy atom. The number of fused-ring (bicyclic) bond motifs is 1. The lowest BCUT2D eigenvalue weighted by Gasteiger charge is -2.14. The van der Waals surface area contributed by atoms with Crippen LogP contribution in [-0.2, 0) is 20.6 Å². The second-order valence-corrected chi connectivity index (χ2v) is 9.25. The summed E-state index contributed by atoms with van der Waals surface area (Å²) in [4.78, 5) is 54.0. The molecule has 0 saturated carbocycles. The summed E-state index contributed by atoms with van der Waals surface area (Å²) in [5, 5.41) is 18.5. The van der Waals surface area contributed by atoms with Crippen molar-refractivity contribution in [1.29, 1.82) is 0 Å². The van der Waals surface area contributed by atoms with Crippen molar-refractivity contribution in [3.63, 3.8) is 0 Å². The summed E-state index contributed by atoms with van der Waals surface area (Å²) in [6.45, 7) is 1.77. The summed E-state index contributed by atoms with van der Waals surface area (Å²) >= 11 is 0. The second-order valence-electron chi connectivity index (χ2n) is 7.66. The highest BCUT2D eigenvalue weighted by Gasteiger charge is 2.35. The molecule has 0 amide bonds. The quantitative estimate of drug-likeness (QED) is 0.148. The number of aliphatic hydroxyl groups is 2. The molecule has 0 unspecified atom stereocenters. The zero-order valence-electron chi connectivity index (χ0n) is 18.6. The first kappa shape index (κ1) is 26.6. The van der Waals surface area contributed by atoms with Crippen LogP contribution in [-0.4, -0.2) is 80.8 Å². The van der Waals surface area contributed by atoms with Crippen molar-refractivity contribution in [3.8, 4) is 0 Å². The number of nitrogen functional groups attached to an aromatic ring is 1. The van der Waals surface area contributed by atoms with Gasteiger partial charge in [0.05, 0.1) is 25.6 Å². The van der Waals surface area contributed by atoms with E-state index < -0.39 is 43.6 Å². The minimum Gasteiger partial charge on any atom is -0.394 e. The largest absolute Gasteiger partial charge is 0.394 e. The van der Waals surface area contributed by atoms with E-state index in [4.69, 9.17) is 30.1 Å². The van der Waals surface area contributed by atoms with Gasteiger partial charge >= 0.3 is 13.3 Å². The molecule has 0 spiro atoms. The molecule has 0 radical (unpaired) electrons. The number of anilines is 1. The van der Waals surface area contributed by atoms with Crippen molar-refractivity contribution in [3.05, 3.63) is 45.3 Å². The molecular formula is C18H26N7O9P. The fourth-order valence-electron chi connectivity index (χ4n) is 3.26. The van der Waals surface area contributed by atoms with Gasteiger partial charge in [-0.15, -0.1) is 0 Å². The van der Waals surface area contributed by atoms with Crippen LogP contribution in [0.5, 0.6) is 0 Å². The molecule has 16 nitrogen and oxygen atoms in total. The number of hydrogen-bond acceptors (Lipinski definition) is 11. The molecule has 3 aromatic rings. The first-order chi connectivity index (χ1) is 16.5. The molecule has 4 heterocycles. The van der Waals surface area contributed by atoms with E-state index in [0.29, 0.717) is 23.3 Å². The summed E-state index contributed by atoms with van der Waals surface area (Å²) in [7, 11) is -4.12. The molecule has 4 rings (SSSR count). The van der Waals surface area contributed by atoms with Gasteiger partial charge in [0.2, 0.25) is 0 Å². The normalized spacial score (nSPS) is 20.1. The Kier molecular flexibility index (Phi) is 8.50. The summed E-state index contributed by atoms with van der Waals surface area (Å²) < 4.78 is 23.6. The van der Waals surface area contributed by atoms with Gasteiger partial charge < -0.3 is 39.8 Å². The summed E-state index contributed by atoms with van der Waals surface area (Å²) in [6, 6.07) is 0. The maximum Gasteiger partial charge on any atom is 0.350 e. The monoisotopic (exact) mass is 515 g/mol. The van der Waals surface area contributed by atoms with Crippen LogP contribution in [0.1, 0.15) is 18.2 Å². The Morgan fingerprint density at radius 2 is 2.06 bits per heavy atom. The fourth-order valence-corrected chi connectivity index (χ4v) is 3.63. The fraction of sp³-hybridized carbons (Fsp3) is 0.500. The molecule has 192 valence electrons. The topological polar surface area (TPSA) is 241 Å². The standard InChI is InChI=1S/C10H14N2O5.C8H12N5O4P/c1-5-3-12(10(16)11-9(5)15)8-2-6(14)7(4-13)17-8;9-7-6-8(11-3-10-7)13(4-12-6)1-2-17-5-18(14,15)16/h3,6-8,13-14H,2,4H2,1H3,(H,11,15,16);3-4H,1-2,5H2,(H2,9,10,11)(H2,14,15,16)/t6-,7+,8+;/m1./s1. The van der Waals surface area contributed by atoms with Crippen LogP contribution in [0.2, 0.25) is 0 Å². The molecule has 17 heteroatoms. The first-order valence-corrected chi connectivity index (χ1v) is 12.1. The number of nitrogens with zero attached hydrogens (tertiary/aromatic N) is 5. The van der Waals surface area contributed by atoms with Gasteiger partial charge in [-0.25, -0.2) is 19.7 Å². The number of nitrogens with one attached hydrogen (secondary N) is 1. The summed E-state index contributed by atoms with van der Waals surface area (Å²) in [5.74, 6) is 0.287. The lowest BCUT2D eigenvalue weighted by molar-refractivity contribution is -0.0459. The Balaban J connectivity index is 0.000000196. The number of rotatable bonds is 7. The highest BCUT2D eigenvalue weighted by molar-refractivity contribution is 7.51. The molecular weight excluding hydrogens is 489 g/mol. The number of aromatic amines is 1. The first-order valence-electron chi connectivity index (χ1n) is 10.3. The molecule has 1 saturated heterocycles. The van der Waals surface area contributed by atoms with E-state index >= 15 is 0 Å². The van der Waals surface area contributed by atoms with Gasteiger partial charge in [0.25, 0.3) is 5.56 Å². The highest BCUT2D eigenvalue weighted by Crippen LogP contribution is 2.33. The minimum absolute atomic E-state index is 0.139. The maximum absolute atomic E-state index is 11.6. The predicted molar refractivity (Wildman–Crippen MR) is 120 cm³/mol. The second kappa shape index (κ2) is 11.2. The van der Waals surface area contributed by atoms with Gasteiger partial charge in [0, 0.05) is 24.7 Å². The van der Waals surface area contributed by atoms with Gasteiger partial charge in [0.15, 0.2) is 11.5 Å². The van der Waals surface area contributed by atoms with Gasteiger partial charge in [-0.1, -0.05) is 0 Å². The minimum atomic E-state index is -4.12. The average Bonchev–Trinajstić information content (AvgIpc) is 3.37. The third-order valence-corrected chi connectivity index (χ3v) is 5.52. The van der Waals surface area contributed by atoms with Crippen LogP contribution in [0, 0.1) is 6.92 Å². The summed E-state index contributed by atoms with van der Waals surface area (Å²) in [5.41, 5.74) is 6.03. The molecule has 3 atom stereocenters. The van der Waals surface area contributed by atoms with Crippen molar-refractivity contribution in [1.82, 2.24) is 29.1 Å².